The van der Waals surface area contributed by atoms with Crippen LogP contribution in [0, 0.1) is 24.0 Å². The summed E-state index contributed by atoms with van der Waals surface area (Å²) in [6.45, 7) is 3.42. The number of nitrogens with zero attached hydrogens (tertiary/aromatic N) is 3. The number of benzene rings is 2. The summed E-state index contributed by atoms with van der Waals surface area (Å²) in [6.07, 6.45) is 0. The third-order valence-corrected chi connectivity index (χ3v) is 4.16. The minimum Gasteiger partial charge on any atom is -0.424 e. The highest BCUT2D eigenvalue weighted by Gasteiger charge is 2.18. The largest absolute Gasteiger partial charge is 0.424 e. The Morgan fingerprint density at radius 1 is 1.11 bits per heavy atom. The number of nitrogens with one attached hydrogen (secondary N) is 1. The van der Waals surface area contributed by atoms with Crippen LogP contribution < -0.4 is 10.1 Å². The molecular weight excluding hydrogens is 384 g/mol. The summed E-state index contributed by atoms with van der Waals surface area (Å²) in [5, 5.41) is 13.5. The van der Waals surface area contributed by atoms with Crippen molar-refractivity contribution in [2.45, 2.75) is 13.8 Å². The number of anilines is 1. The molecule has 0 saturated heterocycles. The Labute approximate surface area is 165 Å². The van der Waals surface area contributed by atoms with Gasteiger partial charge in [-0.1, -0.05) is 29.8 Å². The fourth-order valence-electron chi connectivity index (χ4n) is 2.49. The molecule has 0 spiro atoms. The Kier molecular flexibility index (Phi) is 5.51. The van der Waals surface area contributed by atoms with Gasteiger partial charge >= 0.3 is 6.01 Å². The van der Waals surface area contributed by atoms with Gasteiger partial charge in [-0.3, -0.25) is 14.9 Å². The molecule has 0 aliphatic heterocycles. The molecule has 1 heterocycles. The zero-order valence-corrected chi connectivity index (χ0v) is 15.7. The Morgan fingerprint density at radius 2 is 1.75 bits per heavy atom. The summed E-state index contributed by atoms with van der Waals surface area (Å²) in [5.74, 6) is 0.0715. The van der Waals surface area contributed by atoms with Gasteiger partial charge in [-0.15, -0.1) is 0 Å². The summed E-state index contributed by atoms with van der Waals surface area (Å²) in [6, 6.07) is 12.9. The first-order valence-electron chi connectivity index (χ1n) is 8.18. The van der Waals surface area contributed by atoms with Crippen LogP contribution in [-0.4, -0.2) is 20.8 Å². The molecule has 1 N–H and O–H groups in total. The van der Waals surface area contributed by atoms with Crippen LogP contribution in [0.5, 0.6) is 11.8 Å². The second kappa shape index (κ2) is 8.01. The van der Waals surface area contributed by atoms with Crippen molar-refractivity contribution in [3.63, 3.8) is 0 Å². The Bertz CT molecular complexity index is 1030. The molecule has 0 radical (unpaired) electrons. The van der Waals surface area contributed by atoms with Crippen LogP contribution in [0.4, 0.5) is 11.4 Å². The summed E-state index contributed by atoms with van der Waals surface area (Å²) >= 11 is 6.01. The third kappa shape index (κ3) is 4.24. The number of ether oxygens (including phenoxy) is 1. The van der Waals surface area contributed by atoms with Crippen LogP contribution >= 0.6 is 11.6 Å². The number of amides is 1. The zero-order valence-electron chi connectivity index (χ0n) is 15.0. The van der Waals surface area contributed by atoms with Crippen LogP contribution in [0.1, 0.15) is 21.7 Å². The van der Waals surface area contributed by atoms with Gasteiger partial charge in [0.25, 0.3) is 11.6 Å². The molecule has 2 aromatic carbocycles. The van der Waals surface area contributed by atoms with Crippen LogP contribution in [0.25, 0.3) is 0 Å². The van der Waals surface area contributed by atoms with Crippen LogP contribution in [0.15, 0.2) is 48.5 Å². The standard InChI is InChI=1S/C19H15ClN4O4/c1-11-17(12(2)22-19(21-11)28-14-6-4-3-5-7-14)23-18(25)15-9-8-13(24(26)27)10-16(15)20/h3-10H,1-2H3,(H,23,25). The van der Waals surface area contributed by atoms with Gasteiger partial charge in [0, 0.05) is 12.1 Å². The van der Waals surface area contributed by atoms with E-state index < -0.39 is 10.8 Å². The van der Waals surface area contributed by atoms with Crippen molar-refractivity contribution in [1.82, 2.24) is 9.97 Å². The van der Waals surface area contributed by atoms with Crippen molar-refractivity contribution >= 4 is 28.9 Å². The number of rotatable bonds is 5. The summed E-state index contributed by atoms with van der Waals surface area (Å²) in [5.41, 5.74) is 1.34. The molecular formula is C19H15ClN4O4. The normalized spacial score (nSPS) is 10.4. The van der Waals surface area contributed by atoms with E-state index in [2.05, 4.69) is 15.3 Å². The van der Waals surface area contributed by atoms with E-state index in [1.54, 1.807) is 26.0 Å². The van der Waals surface area contributed by atoms with E-state index in [-0.39, 0.29) is 22.3 Å². The van der Waals surface area contributed by atoms with Gasteiger partial charge in [-0.05, 0) is 32.0 Å². The highest BCUT2D eigenvalue weighted by Crippen LogP contribution is 2.26. The van der Waals surface area contributed by atoms with E-state index >= 15 is 0 Å². The van der Waals surface area contributed by atoms with Gasteiger partial charge in [0.1, 0.15) is 5.75 Å². The molecule has 1 amide bonds. The summed E-state index contributed by atoms with van der Waals surface area (Å²) in [4.78, 5) is 31.3. The van der Waals surface area contributed by atoms with E-state index in [1.807, 2.05) is 18.2 Å². The van der Waals surface area contributed by atoms with Crippen molar-refractivity contribution in [3.8, 4) is 11.8 Å². The van der Waals surface area contributed by atoms with Crippen molar-refractivity contribution in [2.75, 3.05) is 5.32 Å². The predicted molar refractivity (Wildman–Crippen MR) is 104 cm³/mol. The maximum atomic E-state index is 12.5. The molecule has 0 saturated carbocycles. The lowest BCUT2D eigenvalue weighted by Crippen LogP contribution is -2.16. The van der Waals surface area contributed by atoms with Crippen molar-refractivity contribution in [3.05, 3.63) is 80.6 Å². The average molecular weight is 399 g/mol. The lowest BCUT2D eigenvalue weighted by molar-refractivity contribution is -0.384. The lowest BCUT2D eigenvalue weighted by Gasteiger charge is -2.13. The molecule has 8 nitrogen and oxygen atoms in total. The molecule has 1 aromatic heterocycles. The van der Waals surface area contributed by atoms with Gasteiger partial charge in [0.2, 0.25) is 0 Å². The Balaban J connectivity index is 1.82. The zero-order chi connectivity index (χ0) is 20.3. The number of non-ortho nitro benzene ring substituents is 1. The molecule has 28 heavy (non-hydrogen) atoms. The molecule has 9 heteroatoms. The minimum atomic E-state index is -0.582. The fourth-order valence-corrected chi connectivity index (χ4v) is 2.75. The van der Waals surface area contributed by atoms with Crippen molar-refractivity contribution in [2.24, 2.45) is 0 Å². The van der Waals surface area contributed by atoms with E-state index in [0.717, 1.165) is 6.07 Å². The first-order valence-corrected chi connectivity index (χ1v) is 8.56. The first-order chi connectivity index (χ1) is 13.3. The topological polar surface area (TPSA) is 107 Å². The number of aryl methyl sites for hydroxylation is 2. The van der Waals surface area contributed by atoms with Crippen LogP contribution in [0.3, 0.4) is 0 Å². The number of hydrogen-bond donors (Lipinski definition) is 1. The molecule has 0 bridgehead atoms. The number of hydrogen-bond acceptors (Lipinski definition) is 6. The van der Waals surface area contributed by atoms with E-state index in [1.165, 1.54) is 12.1 Å². The van der Waals surface area contributed by atoms with Gasteiger partial charge < -0.3 is 10.1 Å². The van der Waals surface area contributed by atoms with Gasteiger partial charge in [-0.2, -0.15) is 9.97 Å². The maximum absolute atomic E-state index is 12.5. The highest BCUT2D eigenvalue weighted by atomic mass is 35.5. The summed E-state index contributed by atoms with van der Waals surface area (Å²) in [7, 11) is 0. The highest BCUT2D eigenvalue weighted by molar-refractivity contribution is 6.34. The van der Waals surface area contributed by atoms with Gasteiger partial charge in [-0.25, -0.2) is 0 Å². The molecule has 0 aliphatic rings. The quantitative estimate of drug-likeness (QED) is 0.493. The lowest BCUT2D eigenvalue weighted by atomic mass is 10.1. The first kappa shape index (κ1) is 19.2. The predicted octanol–water partition coefficient (Wildman–Crippen LogP) is 4.70. The minimum absolute atomic E-state index is 0.0213. The number of carbonyl (C=O) groups is 1. The molecule has 0 atom stereocenters. The van der Waals surface area contributed by atoms with Crippen molar-refractivity contribution < 1.29 is 14.5 Å². The second-order valence-electron chi connectivity index (χ2n) is 5.84. The second-order valence-corrected chi connectivity index (χ2v) is 6.25. The SMILES string of the molecule is Cc1nc(Oc2ccccc2)nc(C)c1NC(=O)c1ccc([N+](=O)[O-])cc1Cl. The van der Waals surface area contributed by atoms with E-state index in [0.29, 0.717) is 22.8 Å². The molecule has 0 aliphatic carbocycles. The van der Waals surface area contributed by atoms with E-state index in [9.17, 15) is 14.9 Å². The van der Waals surface area contributed by atoms with Gasteiger partial charge in [0.15, 0.2) is 0 Å². The average Bonchev–Trinajstić information content (AvgIpc) is 2.65. The number of carbonyl (C=O) groups excluding carboxylic acids is 1. The number of para-hydroxylation sites is 1. The number of nitro benzene ring substituents is 1. The molecule has 0 fully saturated rings. The third-order valence-electron chi connectivity index (χ3n) is 3.85. The Hall–Kier alpha value is -3.52. The molecule has 3 rings (SSSR count). The maximum Gasteiger partial charge on any atom is 0.322 e. The Morgan fingerprint density at radius 3 is 2.32 bits per heavy atom. The van der Waals surface area contributed by atoms with Crippen LogP contribution in [0.2, 0.25) is 5.02 Å². The fraction of sp³-hybridized carbons (Fsp3) is 0.105. The smallest absolute Gasteiger partial charge is 0.322 e. The monoisotopic (exact) mass is 398 g/mol. The number of nitro groups is 1. The summed E-state index contributed by atoms with van der Waals surface area (Å²) < 4.78 is 5.62. The number of halogens is 1. The molecule has 142 valence electrons. The number of aromatic nitrogens is 2. The van der Waals surface area contributed by atoms with E-state index in [4.69, 9.17) is 16.3 Å². The van der Waals surface area contributed by atoms with Crippen LogP contribution in [-0.2, 0) is 0 Å². The molecule has 3 aromatic rings. The van der Waals surface area contributed by atoms with Gasteiger partial charge in [0.05, 0.1) is 32.6 Å². The van der Waals surface area contributed by atoms with Crippen molar-refractivity contribution in [1.29, 1.82) is 0 Å². The molecule has 0 unspecified atom stereocenters.